The van der Waals surface area contributed by atoms with Crippen molar-refractivity contribution >= 4 is 28.6 Å². The van der Waals surface area contributed by atoms with E-state index in [-0.39, 0.29) is 5.91 Å². The van der Waals surface area contributed by atoms with Gasteiger partial charge < -0.3 is 11.1 Å². The maximum atomic E-state index is 11.8. The predicted molar refractivity (Wildman–Crippen MR) is 70.4 cm³/mol. The van der Waals surface area contributed by atoms with Crippen LogP contribution in [0.25, 0.3) is 0 Å². The number of amides is 1. The third-order valence-electron chi connectivity index (χ3n) is 2.53. The van der Waals surface area contributed by atoms with Gasteiger partial charge in [-0.3, -0.25) is 4.79 Å². The lowest BCUT2D eigenvalue weighted by Crippen LogP contribution is -2.13. The highest BCUT2D eigenvalue weighted by atomic mass is 32.1. The van der Waals surface area contributed by atoms with Crippen molar-refractivity contribution in [3.05, 3.63) is 39.8 Å². The van der Waals surface area contributed by atoms with Gasteiger partial charge in [0.15, 0.2) is 0 Å². The lowest BCUT2D eigenvalue weighted by atomic mass is 10.1. The Labute approximate surface area is 103 Å². The number of anilines is 2. The zero-order valence-electron chi connectivity index (χ0n) is 9.65. The summed E-state index contributed by atoms with van der Waals surface area (Å²) in [5.74, 6) is -0.211. The first kappa shape index (κ1) is 11.6. The number of nitrogens with zero attached hydrogens (tertiary/aromatic N) is 1. The van der Waals surface area contributed by atoms with Gasteiger partial charge in [0, 0.05) is 16.8 Å². The number of aromatic nitrogens is 1. The van der Waals surface area contributed by atoms with Gasteiger partial charge in [0.05, 0.1) is 5.51 Å². The molecule has 88 valence electrons. The van der Waals surface area contributed by atoms with Crippen LogP contribution in [0.4, 0.5) is 11.4 Å². The van der Waals surface area contributed by atoms with Crippen LogP contribution in [0.5, 0.6) is 0 Å². The molecule has 0 saturated heterocycles. The van der Waals surface area contributed by atoms with Crippen molar-refractivity contribution in [1.82, 2.24) is 4.98 Å². The fourth-order valence-corrected chi connectivity index (χ4v) is 2.05. The second-order valence-electron chi connectivity index (χ2n) is 3.85. The standard InChI is InChI=1S/C12H13N3OS/c1-7-3-8(2)10(4-9(7)13)15-12(16)11-5-17-6-14-11/h3-6H,13H2,1-2H3,(H,15,16). The molecule has 2 rings (SSSR count). The molecule has 3 N–H and O–H groups in total. The van der Waals surface area contributed by atoms with Crippen molar-refractivity contribution in [2.24, 2.45) is 0 Å². The van der Waals surface area contributed by atoms with E-state index < -0.39 is 0 Å². The van der Waals surface area contributed by atoms with E-state index in [9.17, 15) is 4.79 Å². The second-order valence-corrected chi connectivity index (χ2v) is 4.57. The number of aryl methyl sites for hydroxylation is 2. The molecule has 0 bridgehead atoms. The summed E-state index contributed by atoms with van der Waals surface area (Å²) < 4.78 is 0. The third-order valence-corrected chi connectivity index (χ3v) is 3.11. The Morgan fingerprint density at radius 2 is 2.12 bits per heavy atom. The Kier molecular flexibility index (Phi) is 3.10. The van der Waals surface area contributed by atoms with Crippen LogP contribution in [0.15, 0.2) is 23.0 Å². The summed E-state index contributed by atoms with van der Waals surface area (Å²) in [7, 11) is 0. The van der Waals surface area contributed by atoms with Crippen LogP contribution in [0.2, 0.25) is 0 Å². The number of carbonyl (C=O) groups excluding carboxylic acids is 1. The highest BCUT2D eigenvalue weighted by Crippen LogP contribution is 2.22. The number of hydrogen-bond donors (Lipinski definition) is 2. The van der Waals surface area contributed by atoms with Gasteiger partial charge in [-0.2, -0.15) is 0 Å². The van der Waals surface area contributed by atoms with E-state index in [0.717, 1.165) is 16.8 Å². The molecule has 0 saturated carbocycles. The van der Waals surface area contributed by atoms with Gasteiger partial charge >= 0.3 is 0 Å². The van der Waals surface area contributed by atoms with Crippen LogP contribution in [-0.2, 0) is 0 Å². The van der Waals surface area contributed by atoms with E-state index in [1.54, 1.807) is 17.0 Å². The van der Waals surface area contributed by atoms with Crippen molar-refractivity contribution in [3.63, 3.8) is 0 Å². The van der Waals surface area contributed by atoms with Gasteiger partial charge in [-0.15, -0.1) is 11.3 Å². The molecule has 5 heteroatoms. The number of nitrogens with two attached hydrogens (primary N) is 1. The summed E-state index contributed by atoms with van der Waals surface area (Å²) in [4.78, 5) is 15.8. The zero-order valence-corrected chi connectivity index (χ0v) is 10.5. The van der Waals surface area contributed by atoms with Crippen LogP contribution < -0.4 is 11.1 Å². The summed E-state index contributed by atoms with van der Waals surface area (Å²) >= 11 is 1.39. The molecule has 0 aliphatic heterocycles. The molecule has 0 unspecified atom stereocenters. The number of thiazole rings is 1. The summed E-state index contributed by atoms with van der Waals surface area (Å²) in [5, 5.41) is 4.52. The first-order chi connectivity index (χ1) is 8.08. The van der Waals surface area contributed by atoms with Crippen molar-refractivity contribution in [1.29, 1.82) is 0 Å². The summed E-state index contributed by atoms with van der Waals surface area (Å²) in [6.07, 6.45) is 0. The molecule has 0 spiro atoms. The van der Waals surface area contributed by atoms with Crippen LogP contribution in [0, 0.1) is 13.8 Å². The molecule has 1 aromatic heterocycles. The average Bonchev–Trinajstić information content (AvgIpc) is 2.79. The normalized spacial score (nSPS) is 10.2. The van der Waals surface area contributed by atoms with Crippen molar-refractivity contribution in [2.75, 3.05) is 11.1 Å². The lowest BCUT2D eigenvalue weighted by Gasteiger charge is -2.10. The minimum absolute atomic E-state index is 0.211. The number of nitrogens with one attached hydrogen (secondary N) is 1. The van der Waals surface area contributed by atoms with Crippen LogP contribution in [-0.4, -0.2) is 10.9 Å². The Bertz CT molecular complexity index is 549. The first-order valence-corrected chi connectivity index (χ1v) is 6.08. The van der Waals surface area contributed by atoms with Gasteiger partial charge in [0.2, 0.25) is 0 Å². The molecular weight excluding hydrogens is 234 g/mol. The highest BCUT2D eigenvalue weighted by Gasteiger charge is 2.10. The number of hydrogen-bond acceptors (Lipinski definition) is 4. The average molecular weight is 247 g/mol. The van der Waals surface area contributed by atoms with E-state index in [2.05, 4.69) is 10.3 Å². The van der Waals surface area contributed by atoms with Gasteiger partial charge in [-0.25, -0.2) is 4.98 Å². The Balaban J connectivity index is 2.25. The van der Waals surface area contributed by atoms with E-state index in [4.69, 9.17) is 5.73 Å². The maximum absolute atomic E-state index is 11.8. The number of benzene rings is 1. The zero-order chi connectivity index (χ0) is 12.4. The van der Waals surface area contributed by atoms with E-state index >= 15 is 0 Å². The van der Waals surface area contributed by atoms with Crippen molar-refractivity contribution in [3.8, 4) is 0 Å². The number of nitrogen functional groups attached to an aromatic ring is 1. The van der Waals surface area contributed by atoms with E-state index in [1.165, 1.54) is 11.3 Å². The quantitative estimate of drug-likeness (QED) is 0.801. The van der Waals surface area contributed by atoms with Gasteiger partial charge in [0.1, 0.15) is 5.69 Å². The van der Waals surface area contributed by atoms with E-state index in [1.807, 2.05) is 19.9 Å². The summed E-state index contributed by atoms with van der Waals surface area (Å²) in [5.41, 5.74) is 11.3. The number of rotatable bonds is 2. The Morgan fingerprint density at radius 3 is 2.76 bits per heavy atom. The molecule has 0 aliphatic carbocycles. The van der Waals surface area contributed by atoms with E-state index in [0.29, 0.717) is 11.4 Å². The summed E-state index contributed by atoms with van der Waals surface area (Å²) in [6, 6.07) is 3.72. The molecule has 2 aromatic rings. The fourth-order valence-electron chi connectivity index (χ4n) is 1.51. The predicted octanol–water partition coefficient (Wildman–Crippen LogP) is 2.59. The molecule has 17 heavy (non-hydrogen) atoms. The Hall–Kier alpha value is -1.88. The molecule has 0 atom stereocenters. The molecule has 1 aromatic carbocycles. The minimum Gasteiger partial charge on any atom is -0.398 e. The van der Waals surface area contributed by atoms with Crippen LogP contribution >= 0.6 is 11.3 Å². The van der Waals surface area contributed by atoms with Gasteiger partial charge in [-0.1, -0.05) is 6.07 Å². The molecular formula is C12H13N3OS. The molecule has 1 amide bonds. The summed E-state index contributed by atoms with van der Waals surface area (Å²) in [6.45, 7) is 3.87. The van der Waals surface area contributed by atoms with Gasteiger partial charge in [-0.05, 0) is 31.0 Å². The minimum atomic E-state index is -0.211. The highest BCUT2D eigenvalue weighted by molar-refractivity contribution is 7.07. The first-order valence-electron chi connectivity index (χ1n) is 5.14. The molecule has 0 aliphatic rings. The van der Waals surface area contributed by atoms with Crippen LogP contribution in [0.1, 0.15) is 21.6 Å². The molecule has 0 radical (unpaired) electrons. The van der Waals surface area contributed by atoms with Crippen LogP contribution in [0.3, 0.4) is 0 Å². The maximum Gasteiger partial charge on any atom is 0.275 e. The molecule has 0 fully saturated rings. The molecule has 1 heterocycles. The van der Waals surface area contributed by atoms with Crippen molar-refractivity contribution < 1.29 is 4.79 Å². The lowest BCUT2D eigenvalue weighted by molar-refractivity contribution is 0.102. The third kappa shape index (κ3) is 2.45. The monoisotopic (exact) mass is 247 g/mol. The Morgan fingerprint density at radius 1 is 1.35 bits per heavy atom. The molecule has 4 nitrogen and oxygen atoms in total. The largest absolute Gasteiger partial charge is 0.398 e. The smallest absolute Gasteiger partial charge is 0.275 e. The van der Waals surface area contributed by atoms with Gasteiger partial charge in [0.25, 0.3) is 5.91 Å². The fraction of sp³-hybridized carbons (Fsp3) is 0.167. The topological polar surface area (TPSA) is 68.0 Å². The SMILES string of the molecule is Cc1cc(C)c(NC(=O)c2cscn2)cc1N. The second kappa shape index (κ2) is 4.55. The van der Waals surface area contributed by atoms with Crippen molar-refractivity contribution in [2.45, 2.75) is 13.8 Å². The number of carbonyl (C=O) groups is 1.